The molecule has 30 heavy (non-hydrogen) atoms. The lowest BCUT2D eigenvalue weighted by Gasteiger charge is -2.23. The van der Waals surface area contributed by atoms with Gasteiger partial charge in [0.25, 0.3) is 5.91 Å². The van der Waals surface area contributed by atoms with E-state index in [1.54, 1.807) is 12.1 Å². The standard InChI is InChI=1S/C24H23NO4S/c1-30(27,28)21-11-5-9-20(16-21)24(26)25-23(17-7-3-2-4-8-17)19-12-13-22-18(15-19)10-6-14-29-22/h2-5,7-9,11-13,15-16,23H,6,10,14H2,1H3,(H,25,26). The summed E-state index contributed by atoms with van der Waals surface area (Å²) in [5.74, 6) is 0.562. The van der Waals surface area contributed by atoms with Crippen molar-refractivity contribution in [2.75, 3.05) is 12.9 Å². The first-order valence-corrected chi connectivity index (χ1v) is 11.7. The molecule has 0 saturated heterocycles. The van der Waals surface area contributed by atoms with Crippen LogP contribution in [0.25, 0.3) is 0 Å². The van der Waals surface area contributed by atoms with Gasteiger partial charge in [0.1, 0.15) is 5.75 Å². The number of hydrogen-bond acceptors (Lipinski definition) is 4. The molecule has 1 atom stereocenters. The third-order valence-corrected chi connectivity index (χ3v) is 6.31. The zero-order valence-corrected chi connectivity index (χ0v) is 17.5. The Morgan fingerprint density at radius 3 is 2.53 bits per heavy atom. The Kier molecular flexibility index (Phi) is 5.59. The second-order valence-electron chi connectivity index (χ2n) is 7.44. The molecule has 4 rings (SSSR count). The fourth-order valence-electron chi connectivity index (χ4n) is 3.65. The molecule has 154 valence electrons. The quantitative estimate of drug-likeness (QED) is 0.677. The molecular formula is C24H23NO4S. The number of sulfone groups is 1. The fraction of sp³-hybridized carbons (Fsp3) is 0.208. The summed E-state index contributed by atoms with van der Waals surface area (Å²) >= 11 is 0. The van der Waals surface area contributed by atoms with Gasteiger partial charge in [-0.05, 0) is 59.9 Å². The molecule has 3 aromatic carbocycles. The van der Waals surface area contributed by atoms with E-state index in [0.29, 0.717) is 5.56 Å². The number of carbonyl (C=O) groups excluding carboxylic acids is 1. The Labute approximate surface area is 176 Å². The highest BCUT2D eigenvalue weighted by Gasteiger charge is 2.21. The third-order valence-electron chi connectivity index (χ3n) is 5.20. The summed E-state index contributed by atoms with van der Waals surface area (Å²) < 4.78 is 29.4. The Morgan fingerprint density at radius 2 is 1.77 bits per heavy atom. The molecule has 0 spiro atoms. The zero-order valence-electron chi connectivity index (χ0n) is 16.7. The van der Waals surface area contributed by atoms with Crippen LogP contribution in [0.3, 0.4) is 0 Å². The molecule has 1 unspecified atom stereocenters. The van der Waals surface area contributed by atoms with Crippen LogP contribution in [0.1, 0.15) is 39.5 Å². The van der Waals surface area contributed by atoms with Crippen LogP contribution in [0.4, 0.5) is 0 Å². The Balaban J connectivity index is 1.69. The second kappa shape index (κ2) is 8.32. The normalized spacial score (nSPS) is 14.3. The SMILES string of the molecule is CS(=O)(=O)c1cccc(C(=O)NC(c2ccccc2)c2ccc3c(c2)CCCO3)c1. The topological polar surface area (TPSA) is 72.5 Å². The van der Waals surface area contributed by atoms with Gasteiger partial charge >= 0.3 is 0 Å². The molecule has 3 aromatic rings. The Bertz CT molecular complexity index is 1170. The number of rotatable bonds is 5. The average molecular weight is 422 g/mol. The number of ether oxygens (including phenoxy) is 1. The lowest BCUT2D eigenvalue weighted by atomic mass is 9.94. The van der Waals surface area contributed by atoms with Gasteiger partial charge in [-0.15, -0.1) is 0 Å². The van der Waals surface area contributed by atoms with Crippen LogP contribution < -0.4 is 10.1 Å². The predicted molar refractivity (Wildman–Crippen MR) is 116 cm³/mol. The molecule has 1 aliphatic rings. The molecule has 0 aliphatic carbocycles. The number of hydrogen-bond donors (Lipinski definition) is 1. The van der Waals surface area contributed by atoms with Crippen molar-refractivity contribution in [1.82, 2.24) is 5.32 Å². The van der Waals surface area contributed by atoms with Gasteiger partial charge in [0.15, 0.2) is 9.84 Å². The van der Waals surface area contributed by atoms with Crippen molar-refractivity contribution in [1.29, 1.82) is 0 Å². The van der Waals surface area contributed by atoms with Crippen molar-refractivity contribution >= 4 is 15.7 Å². The van der Waals surface area contributed by atoms with Gasteiger partial charge in [0.2, 0.25) is 0 Å². The lowest BCUT2D eigenvalue weighted by molar-refractivity contribution is 0.0942. The number of benzene rings is 3. The summed E-state index contributed by atoms with van der Waals surface area (Å²) in [5, 5.41) is 3.08. The summed E-state index contributed by atoms with van der Waals surface area (Å²) in [6, 6.07) is 21.5. The number of fused-ring (bicyclic) bond motifs is 1. The maximum Gasteiger partial charge on any atom is 0.252 e. The minimum Gasteiger partial charge on any atom is -0.493 e. The molecule has 0 bridgehead atoms. The molecule has 0 saturated carbocycles. The highest BCUT2D eigenvalue weighted by molar-refractivity contribution is 7.90. The number of carbonyl (C=O) groups is 1. The second-order valence-corrected chi connectivity index (χ2v) is 9.45. The van der Waals surface area contributed by atoms with Gasteiger partial charge in [0, 0.05) is 11.8 Å². The molecule has 1 heterocycles. The number of nitrogens with one attached hydrogen (secondary N) is 1. The Morgan fingerprint density at radius 1 is 0.967 bits per heavy atom. The maximum atomic E-state index is 13.0. The minimum absolute atomic E-state index is 0.123. The molecule has 0 aromatic heterocycles. The summed E-state index contributed by atoms with van der Waals surface area (Å²) in [6.45, 7) is 0.724. The first kappa shape index (κ1) is 20.2. The summed E-state index contributed by atoms with van der Waals surface area (Å²) in [7, 11) is -3.40. The van der Waals surface area contributed by atoms with Gasteiger partial charge in [-0.1, -0.05) is 42.5 Å². The molecule has 0 fully saturated rings. The van der Waals surface area contributed by atoms with E-state index in [9.17, 15) is 13.2 Å². The van der Waals surface area contributed by atoms with Gasteiger partial charge in [-0.2, -0.15) is 0 Å². The molecule has 5 nitrogen and oxygen atoms in total. The van der Waals surface area contributed by atoms with Crippen molar-refractivity contribution in [2.45, 2.75) is 23.8 Å². The fourth-order valence-corrected chi connectivity index (χ4v) is 4.31. The van der Waals surface area contributed by atoms with E-state index in [0.717, 1.165) is 48.1 Å². The van der Waals surface area contributed by atoms with Gasteiger partial charge in [-0.3, -0.25) is 4.79 Å². The predicted octanol–water partition coefficient (Wildman–Crippen LogP) is 3.93. The monoisotopic (exact) mass is 421 g/mol. The first-order valence-electron chi connectivity index (χ1n) is 9.83. The van der Waals surface area contributed by atoms with E-state index in [1.165, 1.54) is 12.1 Å². The van der Waals surface area contributed by atoms with E-state index in [2.05, 4.69) is 11.4 Å². The smallest absolute Gasteiger partial charge is 0.252 e. The molecule has 1 N–H and O–H groups in total. The van der Waals surface area contributed by atoms with Crippen LogP contribution in [0.2, 0.25) is 0 Å². The molecule has 0 radical (unpaired) electrons. The van der Waals surface area contributed by atoms with Crippen molar-refractivity contribution in [2.24, 2.45) is 0 Å². The van der Waals surface area contributed by atoms with Gasteiger partial charge in [-0.25, -0.2) is 8.42 Å². The van der Waals surface area contributed by atoms with Crippen LogP contribution in [0.5, 0.6) is 5.75 Å². The van der Waals surface area contributed by atoms with Crippen LogP contribution in [0.15, 0.2) is 77.7 Å². The number of aryl methyl sites for hydroxylation is 1. The van der Waals surface area contributed by atoms with Crippen molar-refractivity contribution in [3.63, 3.8) is 0 Å². The maximum absolute atomic E-state index is 13.0. The molecular weight excluding hydrogens is 398 g/mol. The zero-order chi connectivity index (χ0) is 21.1. The largest absolute Gasteiger partial charge is 0.493 e. The summed E-state index contributed by atoms with van der Waals surface area (Å²) in [6.07, 6.45) is 3.04. The van der Waals surface area contributed by atoms with Crippen molar-refractivity contribution < 1.29 is 17.9 Å². The summed E-state index contributed by atoms with van der Waals surface area (Å²) in [5.41, 5.74) is 3.34. The van der Waals surface area contributed by atoms with Crippen LogP contribution in [0, 0.1) is 0 Å². The van der Waals surface area contributed by atoms with E-state index < -0.39 is 9.84 Å². The number of amides is 1. The third kappa shape index (κ3) is 4.39. The van der Waals surface area contributed by atoms with Gasteiger partial charge in [0.05, 0.1) is 17.5 Å². The van der Waals surface area contributed by atoms with E-state index in [1.807, 2.05) is 42.5 Å². The van der Waals surface area contributed by atoms with Crippen molar-refractivity contribution in [3.05, 3.63) is 95.1 Å². The molecule has 1 amide bonds. The minimum atomic E-state index is -3.40. The van der Waals surface area contributed by atoms with E-state index >= 15 is 0 Å². The first-order chi connectivity index (χ1) is 14.4. The van der Waals surface area contributed by atoms with Crippen molar-refractivity contribution in [3.8, 4) is 5.75 Å². The molecule has 1 aliphatic heterocycles. The summed E-state index contributed by atoms with van der Waals surface area (Å²) in [4.78, 5) is 13.2. The lowest BCUT2D eigenvalue weighted by Crippen LogP contribution is -2.29. The van der Waals surface area contributed by atoms with E-state index in [-0.39, 0.29) is 16.8 Å². The highest BCUT2D eigenvalue weighted by atomic mass is 32.2. The van der Waals surface area contributed by atoms with Gasteiger partial charge < -0.3 is 10.1 Å². The average Bonchev–Trinajstić information content (AvgIpc) is 2.77. The molecule has 6 heteroatoms. The Hall–Kier alpha value is -3.12. The van der Waals surface area contributed by atoms with E-state index in [4.69, 9.17) is 4.74 Å². The van der Waals surface area contributed by atoms with Crippen LogP contribution in [-0.2, 0) is 16.3 Å². The highest BCUT2D eigenvalue weighted by Crippen LogP contribution is 2.30. The van der Waals surface area contributed by atoms with Crippen LogP contribution in [-0.4, -0.2) is 27.2 Å². The van der Waals surface area contributed by atoms with Crippen LogP contribution >= 0.6 is 0 Å².